The van der Waals surface area contributed by atoms with Crippen LogP contribution in [0.3, 0.4) is 0 Å². The average Bonchev–Trinajstić information content (AvgIpc) is 1.90. The number of nitrogens with two attached hydrogens (primary N) is 1. The summed E-state index contributed by atoms with van der Waals surface area (Å²) in [6.45, 7) is 1.68. The molecule has 0 aliphatic heterocycles. The Balaban J connectivity index is 2.98. The van der Waals surface area contributed by atoms with Gasteiger partial charge < -0.3 is 0 Å². The van der Waals surface area contributed by atoms with Gasteiger partial charge in [-0.05, 0) is 0 Å². The van der Waals surface area contributed by atoms with E-state index in [-0.39, 0.29) is 5.91 Å². The summed E-state index contributed by atoms with van der Waals surface area (Å²) in [7, 11) is 0. The van der Waals surface area contributed by atoms with Gasteiger partial charge in [0.2, 0.25) is 0 Å². The number of amides is 1. The van der Waals surface area contributed by atoms with Crippen LogP contribution in [0.1, 0.15) is 10.3 Å². The molecule has 0 saturated carbocycles. The van der Waals surface area contributed by atoms with Gasteiger partial charge in [-0.1, -0.05) is 0 Å². The molecule has 0 atom stereocenters. The summed E-state index contributed by atoms with van der Waals surface area (Å²) in [5.74, 6) is 1.40. The maximum absolute atomic E-state index is 10.4. The van der Waals surface area contributed by atoms with E-state index in [1.807, 2.05) is 6.07 Å². The van der Waals surface area contributed by atoms with Crippen molar-refractivity contribution in [3.63, 3.8) is 0 Å². The summed E-state index contributed by atoms with van der Waals surface area (Å²) in [4.78, 5) is 10.4. The van der Waals surface area contributed by atoms with E-state index < -0.39 is 0 Å². The molecule has 1 rings (SSSR count). The molecule has 2 nitrogen and oxygen atoms in total. The summed E-state index contributed by atoms with van der Waals surface area (Å²) in [6.07, 6.45) is 0. The fourth-order valence-corrected chi connectivity index (χ4v) is 0.602. The molecule has 1 amide bonds. The van der Waals surface area contributed by atoms with Gasteiger partial charge in [0.15, 0.2) is 0 Å². The molecular weight excluding hydrogens is 113 g/mol. The Hall–Kier alpha value is -1.12. The first-order chi connectivity index (χ1) is 4.30. The van der Waals surface area contributed by atoms with E-state index >= 15 is 0 Å². The van der Waals surface area contributed by atoms with Crippen LogP contribution in [0.5, 0.6) is 0 Å². The van der Waals surface area contributed by atoms with Crippen molar-refractivity contribution in [2.24, 2.45) is 5.73 Å². The zero-order chi connectivity index (χ0) is 6.69. The quantitative estimate of drug-likeness (QED) is 0.560. The molecule has 2 N–H and O–H groups in total. The second-order valence-electron chi connectivity index (χ2n) is 1.73. The van der Waals surface area contributed by atoms with E-state index in [1.165, 1.54) is 0 Å². The van der Waals surface area contributed by atoms with Crippen molar-refractivity contribution in [2.45, 2.75) is 0 Å². The Morgan fingerprint density at radius 3 is 2.67 bits per heavy atom. The van der Waals surface area contributed by atoms with Gasteiger partial charge in [-0.3, -0.25) is 0 Å². The van der Waals surface area contributed by atoms with Crippen LogP contribution in [-0.2, 0) is 0 Å². The Morgan fingerprint density at radius 1 is 1.56 bits per heavy atom. The molecule has 0 fully saturated rings. The van der Waals surface area contributed by atoms with Gasteiger partial charge in [0, 0.05) is 0 Å². The van der Waals surface area contributed by atoms with Crippen LogP contribution < -0.4 is 5.73 Å². The summed E-state index contributed by atoms with van der Waals surface area (Å²) < 4.78 is 0. The van der Waals surface area contributed by atoms with E-state index in [0.29, 0.717) is 5.46 Å². The van der Waals surface area contributed by atoms with Crippen LogP contribution in [0.2, 0.25) is 0 Å². The summed E-state index contributed by atoms with van der Waals surface area (Å²) in [5, 5.41) is 0. The van der Waals surface area contributed by atoms with Gasteiger partial charge in [0.1, 0.15) is 0 Å². The zero-order valence-corrected chi connectivity index (χ0v) is 4.87. The predicted octanol–water partition coefficient (Wildman–Crippen LogP) is 0.124. The molecule has 9 heavy (non-hydrogen) atoms. The summed E-state index contributed by atoms with van der Waals surface area (Å²) in [5.41, 5.74) is 5.53. The fraction of sp³-hybridized carbons (Fsp3) is 0. The number of hydrogen-bond acceptors (Lipinski definition) is 1. The van der Waals surface area contributed by atoms with E-state index in [9.17, 15) is 4.79 Å². The molecule has 0 radical (unpaired) electrons. The maximum atomic E-state index is 10.4. The molecule has 0 aliphatic rings. The SMILES string of the molecule is NC(=O)c1bcccc1. The minimum atomic E-state index is -0.379. The third-order valence-electron chi connectivity index (χ3n) is 1.06. The molecule has 0 spiro atoms. The Labute approximate surface area is 53.9 Å². The number of rotatable bonds is 1. The molecular formula is C6H6BNO. The van der Waals surface area contributed by atoms with Crippen molar-refractivity contribution in [2.75, 3.05) is 0 Å². The Kier molecular flexibility index (Phi) is 1.63. The first-order valence-electron chi connectivity index (χ1n) is 2.65. The average molecular weight is 119 g/mol. The van der Waals surface area contributed by atoms with Crippen LogP contribution in [0, 0.1) is 0 Å². The van der Waals surface area contributed by atoms with Crippen LogP contribution in [0.4, 0.5) is 0 Å². The monoisotopic (exact) mass is 119 g/mol. The van der Waals surface area contributed by atoms with Gasteiger partial charge in [-0.2, -0.15) is 0 Å². The molecule has 0 aromatic carbocycles. The van der Waals surface area contributed by atoms with Gasteiger partial charge in [-0.15, -0.1) is 0 Å². The second-order valence-corrected chi connectivity index (χ2v) is 1.73. The number of carbonyl (C=O) groups excluding carboxylic acids is 1. The van der Waals surface area contributed by atoms with Crippen molar-refractivity contribution in [1.82, 2.24) is 0 Å². The first kappa shape index (κ1) is 6.01. The van der Waals surface area contributed by atoms with Crippen molar-refractivity contribution >= 4 is 12.8 Å². The molecule has 0 unspecified atom stereocenters. The molecule has 0 aliphatic carbocycles. The number of primary amides is 1. The van der Waals surface area contributed by atoms with Crippen LogP contribution in [-0.4, -0.2) is 12.8 Å². The second kappa shape index (κ2) is 2.44. The van der Waals surface area contributed by atoms with Gasteiger partial charge >= 0.3 is 53.0 Å². The van der Waals surface area contributed by atoms with Crippen LogP contribution in [0.15, 0.2) is 24.2 Å². The van der Waals surface area contributed by atoms with E-state index in [1.54, 1.807) is 25.0 Å². The predicted molar refractivity (Wildman–Crippen MR) is 36.3 cm³/mol. The van der Waals surface area contributed by atoms with Crippen LogP contribution in [0.25, 0.3) is 0 Å². The van der Waals surface area contributed by atoms with Gasteiger partial charge in [0.05, 0.1) is 0 Å². The van der Waals surface area contributed by atoms with Crippen molar-refractivity contribution in [3.8, 4) is 0 Å². The molecule has 0 saturated heterocycles. The van der Waals surface area contributed by atoms with Crippen molar-refractivity contribution in [1.29, 1.82) is 0 Å². The molecule has 1 heterocycles. The number of hydrogen-bond donors (Lipinski definition) is 1. The molecule has 1 aromatic rings. The molecule has 0 bridgehead atoms. The Morgan fingerprint density at radius 2 is 2.33 bits per heavy atom. The molecule has 3 heteroatoms. The van der Waals surface area contributed by atoms with Gasteiger partial charge in [0.25, 0.3) is 0 Å². The minimum absolute atomic E-state index is 0.379. The number of carbonyl (C=O) groups is 1. The summed E-state index contributed by atoms with van der Waals surface area (Å²) >= 11 is 0. The molecule has 44 valence electrons. The van der Waals surface area contributed by atoms with E-state index in [2.05, 4.69) is 0 Å². The Bertz CT molecular complexity index is 210. The fourth-order valence-electron chi connectivity index (χ4n) is 0.602. The zero-order valence-electron chi connectivity index (χ0n) is 4.87. The normalized spacial score (nSPS) is 8.44. The topological polar surface area (TPSA) is 43.1 Å². The van der Waals surface area contributed by atoms with Crippen LogP contribution >= 0.6 is 0 Å². The molecule has 1 aromatic heterocycles. The van der Waals surface area contributed by atoms with E-state index in [0.717, 1.165) is 0 Å². The standard InChI is InChI=1S/C6H6BNO/c8-6(9)5-3-1-2-4-7-5/h1-4H,(H2,8,9). The van der Waals surface area contributed by atoms with Crippen molar-refractivity contribution < 1.29 is 4.79 Å². The first-order valence-corrected chi connectivity index (χ1v) is 2.65. The third kappa shape index (κ3) is 1.39. The van der Waals surface area contributed by atoms with Gasteiger partial charge in [-0.25, -0.2) is 0 Å². The summed E-state index contributed by atoms with van der Waals surface area (Å²) in [6, 6.07) is 5.30. The van der Waals surface area contributed by atoms with Crippen molar-refractivity contribution in [3.05, 3.63) is 29.6 Å². The third-order valence-corrected chi connectivity index (χ3v) is 1.06. The van der Waals surface area contributed by atoms with E-state index in [4.69, 9.17) is 5.73 Å².